The molecule has 17 atom stereocenters. The monoisotopic (exact) mass is 1180 g/mol. The fraction of sp³-hybridized carbons (Fsp3) is 0.703. The maximum atomic E-state index is 13.1. The second kappa shape index (κ2) is 45.7. The fourth-order valence-electron chi connectivity index (χ4n) is 9.56. The Kier molecular flexibility index (Phi) is 40.6. The summed E-state index contributed by atoms with van der Waals surface area (Å²) in [6, 6.07) is -0.978. The molecule has 12 N–H and O–H groups in total. The number of aliphatic hydroxyl groups excluding tert-OH is 11. The molecule has 0 spiro atoms. The predicted octanol–water partition coefficient (Wildman–Crippen LogP) is 5.92. The molecule has 19 heteroatoms. The first kappa shape index (κ1) is 73.7. The van der Waals surface area contributed by atoms with Gasteiger partial charge in [-0.05, 0) is 77.0 Å². The minimum atomic E-state index is -1.98. The molecule has 3 fully saturated rings. The van der Waals surface area contributed by atoms with Crippen molar-refractivity contribution in [1.82, 2.24) is 5.32 Å². The topological polar surface area (TPSA) is 307 Å². The van der Waals surface area contributed by atoms with Crippen molar-refractivity contribution in [2.45, 2.75) is 259 Å². The van der Waals surface area contributed by atoms with Crippen molar-refractivity contribution in [2.24, 2.45) is 0 Å². The van der Waals surface area contributed by atoms with Gasteiger partial charge in [-0.3, -0.25) is 4.79 Å². The summed E-state index contributed by atoms with van der Waals surface area (Å²) in [5.41, 5.74) is 0. The molecule has 17 unspecified atom stereocenters. The van der Waals surface area contributed by atoms with Crippen LogP contribution in [0.2, 0.25) is 0 Å². The van der Waals surface area contributed by atoms with Crippen molar-refractivity contribution in [2.75, 3.05) is 26.4 Å². The number of ether oxygens (including phenoxy) is 6. The summed E-state index contributed by atoms with van der Waals surface area (Å²) < 4.78 is 33.9. The average molecular weight is 1180 g/mol. The van der Waals surface area contributed by atoms with E-state index in [1.54, 1.807) is 12.2 Å². The standard InChI is InChI=1S/C64H105NO18/c1-3-5-7-8-9-10-11-12-13-14-15-16-17-18-19-20-21-22-23-24-25-26-27-28-29-30-31-32-33-34-35-36-37-38-40-42-52(70)65-47(48(69)41-39-6-4-2)46-78-62-58(76)55(73)60(50(44-67)80-62)83-64-59(77)56(74)61(51(45-68)81-64)82-63-57(75)54(72)53(71)49(43-66)79-63/h5,7,9-10,12-13,15-16,18-19,21-22,24-25,27-28,39,41,47-51,53-64,66-69,71-77H,3-4,6,8,11,14,17,20,23,26,29-38,40,42-46H2,1-2H3,(H,65,70)/b7-5-,10-9-,13-12-,16-15-,19-18-,22-21-,25-24-,28-27-,41-39+. The summed E-state index contributed by atoms with van der Waals surface area (Å²) in [5.74, 6) is -0.299. The van der Waals surface area contributed by atoms with Crippen LogP contribution in [0.4, 0.5) is 0 Å². The fourth-order valence-corrected chi connectivity index (χ4v) is 9.56. The van der Waals surface area contributed by atoms with Crippen LogP contribution in [0.5, 0.6) is 0 Å². The van der Waals surface area contributed by atoms with Gasteiger partial charge in [-0.25, -0.2) is 0 Å². The van der Waals surface area contributed by atoms with E-state index >= 15 is 0 Å². The van der Waals surface area contributed by atoms with Crippen LogP contribution in [0.3, 0.4) is 0 Å². The molecule has 3 saturated heterocycles. The summed E-state index contributed by atoms with van der Waals surface area (Å²) in [5, 5.41) is 119. The van der Waals surface area contributed by atoms with E-state index in [2.05, 4.69) is 109 Å². The average Bonchev–Trinajstić information content (AvgIpc) is 3.28. The van der Waals surface area contributed by atoms with Gasteiger partial charge in [0.25, 0.3) is 0 Å². The lowest BCUT2D eigenvalue weighted by Crippen LogP contribution is -2.66. The SMILES string of the molecule is CC/C=C\C/C=C\C/C=C\C/C=C\C/C=C\C/C=C\C/C=C\C/C=C\CCCCCCCCCCCCC(=O)NC(COC1OC(CO)C(OC2OC(CO)C(OC3OC(CO)C(O)C(O)C3O)C(O)C2O)C(O)C1O)C(O)/C=C/CCC. The van der Waals surface area contributed by atoms with Gasteiger partial charge in [-0.1, -0.05) is 181 Å². The number of hydrogen-bond acceptors (Lipinski definition) is 18. The van der Waals surface area contributed by atoms with Crippen LogP contribution in [0.15, 0.2) is 109 Å². The van der Waals surface area contributed by atoms with Crippen LogP contribution in [0.25, 0.3) is 0 Å². The highest BCUT2D eigenvalue weighted by molar-refractivity contribution is 5.76. The van der Waals surface area contributed by atoms with Gasteiger partial charge in [0, 0.05) is 6.42 Å². The Hall–Kier alpha value is -3.55. The van der Waals surface area contributed by atoms with Crippen molar-refractivity contribution in [1.29, 1.82) is 0 Å². The van der Waals surface area contributed by atoms with E-state index in [1.807, 2.05) is 6.92 Å². The molecule has 1 amide bonds. The quantitative estimate of drug-likeness (QED) is 0.0249. The summed E-state index contributed by atoms with van der Waals surface area (Å²) >= 11 is 0. The third-order valence-corrected chi connectivity index (χ3v) is 14.6. The summed E-state index contributed by atoms with van der Waals surface area (Å²) in [7, 11) is 0. The number of aliphatic hydroxyl groups is 11. The largest absolute Gasteiger partial charge is 0.394 e. The molecule has 19 nitrogen and oxygen atoms in total. The van der Waals surface area contributed by atoms with E-state index < -0.39 is 124 Å². The minimum absolute atomic E-state index is 0.228. The molecule has 3 rings (SSSR count). The third kappa shape index (κ3) is 29.1. The van der Waals surface area contributed by atoms with Crippen LogP contribution >= 0.6 is 0 Å². The molecule has 0 aliphatic carbocycles. The van der Waals surface area contributed by atoms with Gasteiger partial charge >= 0.3 is 0 Å². The Labute approximate surface area is 494 Å². The number of amides is 1. The molecule has 3 aliphatic heterocycles. The molecule has 0 aromatic heterocycles. The van der Waals surface area contributed by atoms with Gasteiger partial charge in [-0.2, -0.15) is 0 Å². The molecule has 0 aromatic rings. The number of carbonyl (C=O) groups is 1. The van der Waals surface area contributed by atoms with Gasteiger partial charge in [-0.15, -0.1) is 0 Å². The molecule has 0 aromatic carbocycles. The molecule has 0 bridgehead atoms. The molecule has 0 radical (unpaired) electrons. The van der Waals surface area contributed by atoms with Crippen LogP contribution in [0, 0.1) is 0 Å². The van der Waals surface area contributed by atoms with E-state index in [0.717, 1.165) is 89.9 Å². The summed E-state index contributed by atoms with van der Waals surface area (Å²) in [4.78, 5) is 13.1. The molecule has 474 valence electrons. The lowest BCUT2D eigenvalue weighted by Gasteiger charge is -2.48. The van der Waals surface area contributed by atoms with E-state index in [-0.39, 0.29) is 18.9 Å². The van der Waals surface area contributed by atoms with E-state index in [4.69, 9.17) is 28.4 Å². The van der Waals surface area contributed by atoms with Crippen LogP contribution in [-0.2, 0) is 33.2 Å². The zero-order valence-corrected chi connectivity index (χ0v) is 49.4. The van der Waals surface area contributed by atoms with Crippen LogP contribution < -0.4 is 5.32 Å². The Bertz CT molecular complexity index is 1930. The number of carbonyl (C=O) groups excluding carboxylic acids is 1. The zero-order valence-electron chi connectivity index (χ0n) is 49.4. The van der Waals surface area contributed by atoms with Crippen molar-refractivity contribution in [3.8, 4) is 0 Å². The number of nitrogens with one attached hydrogen (secondary N) is 1. The van der Waals surface area contributed by atoms with E-state index in [9.17, 15) is 61.0 Å². The van der Waals surface area contributed by atoms with Gasteiger partial charge in [0.05, 0.1) is 38.6 Å². The minimum Gasteiger partial charge on any atom is -0.394 e. The second-order valence-corrected chi connectivity index (χ2v) is 21.4. The number of hydrogen-bond donors (Lipinski definition) is 12. The highest BCUT2D eigenvalue weighted by atomic mass is 16.8. The number of unbranched alkanes of at least 4 members (excludes halogenated alkanes) is 11. The summed E-state index contributed by atoms with van der Waals surface area (Å²) in [6.45, 7) is 1.33. The highest BCUT2D eigenvalue weighted by Gasteiger charge is 2.53. The molecule has 0 saturated carbocycles. The first-order valence-electron chi connectivity index (χ1n) is 30.6. The second-order valence-electron chi connectivity index (χ2n) is 21.4. The van der Waals surface area contributed by atoms with Gasteiger partial charge in [0.15, 0.2) is 18.9 Å². The Balaban J connectivity index is 1.27. The Morgan fingerprint density at radius 2 is 0.831 bits per heavy atom. The normalized spacial score (nSPS) is 30.2. The number of allylic oxidation sites excluding steroid dienone is 17. The maximum absolute atomic E-state index is 13.1. The Morgan fingerprint density at radius 1 is 0.446 bits per heavy atom. The lowest BCUT2D eigenvalue weighted by atomic mass is 9.96. The molecule has 3 aliphatic rings. The molecule has 83 heavy (non-hydrogen) atoms. The van der Waals surface area contributed by atoms with Gasteiger partial charge in [0.2, 0.25) is 5.91 Å². The van der Waals surface area contributed by atoms with Crippen molar-refractivity contribution in [3.63, 3.8) is 0 Å². The Morgan fingerprint density at radius 3 is 1.28 bits per heavy atom. The summed E-state index contributed by atoms with van der Waals surface area (Å²) in [6.07, 6.45) is 33.6. The first-order valence-corrected chi connectivity index (χ1v) is 30.6. The molecular formula is C64H105NO18. The molecule has 3 heterocycles. The van der Waals surface area contributed by atoms with Crippen LogP contribution in [-0.4, -0.2) is 193 Å². The zero-order chi connectivity index (χ0) is 60.5. The maximum Gasteiger partial charge on any atom is 0.220 e. The van der Waals surface area contributed by atoms with E-state index in [1.165, 1.54) is 32.1 Å². The third-order valence-electron chi connectivity index (χ3n) is 14.6. The predicted molar refractivity (Wildman–Crippen MR) is 318 cm³/mol. The molecular weight excluding hydrogens is 1070 g/mol. The van der Waals surface area contributed by atoms with Crippen molar-refractivity contribution < 1.29 is 89.4 Å². The van der Waals surface area contributed by atoms with Gasteiger partial charge in [0.1, 0.15) is 73.2 Å². The smallest absolute Gasteiger partial charge is 0.220 e. The highest BCUT2D eigenvalue weighted by Crippen LogP contribution is 2.33. The van der Waals surface area contributed by atoms with E-state index in [0.29, 0.717) is 12.8 Å². The number of rotatable bonds is 43. The lowest BCUT2D eigenvalue weighted by molar-refractivity contribution is -0.379. The first-order chi connectivity index (χ1) is 40.3. The van der Waals surface area contributed by atoms with Gasteiger partial charge < -0.3 is 89.9 Å². The van der Waals surface area contributed by atoms with Crippen LogP contribution in [0.1, 0.15) is 155 Å². The van der Waals surface area contributed by atoms with Crippen molar-refractivity contribution >= 4 is 5.91 Å². The van der Waals surface area contributed by atoms with Crippen molar-refractivity contribution in [3.05, 3.63) is 109 Å².